The van der Waals surface area contributed by atoms with E-state index in [0.717, 1.165) is 0 Å². The summed E-state index contributed by atoms with van der Waals surface area (Å²) in [5.74, 6) is 0. The lowest BCUT2D eigenvalue weighted by Crippen LogP contribution is -1.95. The molecule has 0 aliphatic heterocycles. The zero-order valence-corrected chi connectivity index (χ0v) is 80.8. The summed E-state index contributed by atoms with van der Waals surface area (Å²) < 4.78 is 2.36. The Bertz CT molecular complexity index is 8510. The van der Waals surface area contributed by atoms with Crippen molar-refractivity contribution in [3.05, 3.63) is 559 Å². The number of aryl methyl sites for hydroxylation is 11. The third kappa shape index (κ3) is 21.3. The van der Waals surface area contributed by atoms with Crippen LogP contribution in [0, 0.1) is 76.2 Å². The molecule has 1 heteroatoms. The van der Waals surface area contributed by atoms with Gasteiger partial charge in [-0.05, 0) is 293 Å². The first-order valence-corrected chi connectivity index (χ1v) is 48.1. The van der Waals surface area contributed by atoms with Crippen LogP contribution in [0.3, 0.4) is 0 Å². The fourth-order valence-electron chi connectivity index (χ4n) is 18.7. The van der Waals surface area contributed by atoms with Gasteiger partial charge in [0.2, 0.25) is 0 Å². The first-order valence-electron chi connectivity index (χ1n) is 48.1. The van der Waals surface area contributed by atoms with Crippen molar-refractivity contribution in [1.29, 1.82) is 0 Å². The van der Waals surface area contributed by atoms with Crippen molar-refractivity contribution in [2.45, 2.75) is 76.2 Å². The van der Waals surface area contributed by atoms with Gasteiger partial charge in [0.1, 0.15) is 0 Å². The summed E-state index contributed by atoms with van der Waals surface area (Å²) in [6.45, 7) is 23.6. The molecule has 0 atom stereocenters. The van der Waals surface area contributed by atoms with Crippen molar-refractivity contribution in [3.63, 3.8) is 0 Å². The molecular formula is C137H115N. The van der Waals surface area contributed by atoms with Gasteiger partial charge in [-0.2, -0.15) is 0 Å². The third-order valence-corrected chi connectivity index (χ3v) is 26.7. The van der Waals surface area contributed by atoms with Crippen LogP contribution in [0.1, 0.15) is 61.2 Å². The van der Waals surface area contributed by atoms with Gasteiger partial charge >= 0.3 is 0 Å². The van der Waals surface area contributed by atoms with Crippen LogP contribution in [0.25, 0.3) is 180 Å². The molecule has 138 heavy (non-hydrogen) atoms. The Hall–Kier alpha value is -16.6. The van der Waals surface area contributed by atoms with Crippen LogP contribution in [0.15, 0.2) is 497 Å². The third-order valence-electron chi connectivity index (χ3n) is 26.7. The van der Waals surface area contributed by atoms with E-state index in [1.165, 1.54) is 241 Å². The van der Waals surface area contributed by atoms with Gasteiger partial charge in [0.05, 0.1) is 11.0 Å². The summed E-state index contributed by atoms with van der Waals surface area (Å²) in [7, 11) is 0. The number of rotatable bonds is 6. The van der Waals surface area contributed by atoms with Crippen LogP contribution in [0.2, 0.25) is 0 Å². The molecule has 0 saturated heterocycles. The zero-order chi connectivity index (χ0) is 95.0. The number of fused-ring (bicyclic) bond motifs is 15. The quantitative estimate of drug-likeness (QED) is 0.146. The Morgan fingerprint density at radius 1 is 0.130 bits per heavy atom. The van der Waals surface area contributed by atoms with E-state index >= 15 is 0 Å². The molecule has 0 spiro atoms. The normalized spacial score (nSPS) is 10.9. The Kier molecular flexibility index (Phi) is 28.5. The minimum absolute atomic E-state index is 1.23. The second-order valence-corrected chi connectivity index (χ2v) is 36.5. The maximum Gasteiger partial charge on any atom is 0.0541 e. The molecule has 0 bridgehead atoms. The topological polar surface area (TPSA) is 4.93 Å². The van der Waals surface area contributed by atoms with Crippen LogP contribution < -0.4 is 0 Å². The van der Waals surface area contributed by atoms with Crippen molar-refractivity contribution in [1.82, 2.24) is 4.57 Å². The smallest absolute Gasteiger partial charge is 0.0541 e. The number of nitrogens with zero attached hydrogens (tertiary/aromatic N) is 1. The summed E-state index contributed by atoms with van der Waals surface area (Å²) in [4.78, 5) is 0. The zero-order valence-electron chi connectivity index (χ0n) is 80.8. The molecule has 1 heterocycles. The standard InChI is InChI=1S/2C21H16.C20H17N.2C17H14.C16H14.C13H12.C12H12/c1-15-9-11-17(12-10-15)19-7-4-8-20-18-6-3-2-5-16(18)13-14-21(19)20;1-15-6-8-16(9-7-15)18-12-13-21-19(14-18)11-10-17-4-2-3-5-20(17)21;1-14-11-12-16(13-15(14)2)21-19-9-5-3-7-17(19)18-8-4-6-10-20(18)21;1-13-9-11-15(12-10-13)17-8-4-6-14-5-2-3-7-16(14)17;1-13-6-8-15(9-7-13)17-11-10-14-4-2-3-5-16(14)12-17;1-11-7-8-15-14-6-4-3-5-13(14)10-12(2)16(15)9-11;1-11-7-9-13(10-8-11)12-5-3-2-4-6-12;1-9-7-8-11-5-3-4-6-12(11)10(9)2/h2*2-14H,1H3;3-13H,1-2H3;2*2-12H,1H3;3-10H,1-2H3;2-10H,1H3;3-8H,1-2H3. The number of benzene rings is 24. The second kappa shape index (κ2) is 42.8. The van der Waals surface area contributed by atoms with Crippen LogP contribution in [-0.4, -0.2) is 4.57 Å². The van der Waals surface area contributed by atoms with Crippen LogP contribution in [0.5, 0.6) is 0 Å². The molecule has 0 radical (unpaired) electrons. The lowest BCUT2D eigenvalue weighted by atomic mass is 9.94. The minimum atomic E-state index is 1.23. The van der Waals surface area contributed by atoms with E-state index in [2.05, 4.69) is 572 Å². The maximum atomic E-state index is 2.36. The SMILES string of the molecule is Cc1ccc(-c2ccc3c(ccc4ccccc43)c2)cc1.Cc1ccc(-c2ccc3ccccc3c2)cc1.Cc1ccc(-c2cccc3c2ccc2ccccc23)cc1.Cc1ccc(-c2cccc3ccccc23)cc1.Cc1ccc(-c2ccccc2)cc1.Cc1ccc(-n2c3ccccc3c3ccccc32)cc1C.Cc1ccc2c(c1)c(C)cc1ccccc12.Cc1ccc2ccccc2c1C. The fraction of sp³-hybridized carbons (Fsp3) is 0.0803. The molecule has 0 N–H and O–H groups in total. The molecule has 1 nitrogen and oxygen atoms in total. The van der Waals surface area contributed by atoms with E-state index in [9.17, 15) is 0 Å². The molecule has 0 unspecified atom stereocenters. The lowest BCUT2D eigenvalue weighted by molar-refractivity contribution is 1.16. The average Bonchev–Trinajstić information content (AvgIpc) is 1.55. The fourth-order valence-corrected chi connectivity index (χ4v) is 18.7. The molecule has 0 saturated carbocycles. The van der Waals surface area contributed by atoms with E-state index < -0.39 is 0 Å². The predicted molar refractivity (Wildman–Crippen MR) is 603 cm³/mol. The number of para-hydroxylation sites is 2. The van der Waals surface area contributed by atoms with Crippen molar-refractivity contribution < 1.29 is 0 Å². The molecule has 0 aliphatic carbocycles. The number of hydrogen-bond donors (Lipinski definition) is 0. The molecule has 24 aromatic carbocycles. The molecular weight excluding hydrogens is 1660 g/mol. The van der Waals surface area contributed by atoms with E-state index in [1.807, 2.05) is 6.07 Å². The number of aromatic nitrogens is 1. The monoisotopic (exact) mass is 1770 g/mol. The summed E-state index contributed by atoms with van der Waals surface area (Å²) in [6, 6.07) is 178. The van der Waals surface area contributed by atoms with Gasteiger partial charge in [0.25, 0.3) is 0 Å². The first-order chi connectivity index (χ1) is 67.5. The Morgan fingerprint density at radius 2 is 0.442 bits per heavy atom. The molecule has 25 rings (SSSR count). The van der Waals surface area contributed by atoms with Gasteiger partial charge in [-0.3, -0.25) is 0 Å². The molecule has 0 fully saturated rings. The van der Waals surface area contributed by atoms with Gasteiger partial charge < -0.3 is 4.57 Å². The van der Waals surface area contributed by atoms with E-state index in [0.29, 0.717) is 0 Å². The highest BCUT2D eigenvalue weighted by Gasteiger charge is 2.15. The van der Waals surface area contributed by atoms with Crippen molar-refractivity contribution in [3.8, 4) is 61.3 Å². The second-order valence-electron chi connectivity index (χ2n) is 36.5. The summed E-state index contributed by atoms with van der Waals surface area (Å²) in [5, 5.41) is 26.5. The predicted octanol–water partition coefficient (Wildman–Crippen LogP) is 38.7. The molecule has 25 aromatic rings. The number of hydrogen-bond acceptors (Lipinski definition) is 0. The van der Waals surface area contributed by atoms with Crippen molar-refractivity contribution in [2.75, 3.05) is 0 Å². The Balaban J connectivity index is 0.000000105. The Labute approximate surface area is 813 Å². The largest absolute Gasteiger partial charge is 0.309 e. The molecule has 0 aliphatic rings. The Morgan fingerprint density at radius 3 is 0.993 bits per heavy atom. The van der Waals surface area contributed by atoms with Crippen molar-refractivity contribution in [2.24, 2.45) is 0 Å². The highest BCUT2D eigenvalue weighted by molar-refractivity contribution is 6.14. The molecule has 668 valence electrons. The van der Waals surface area contributed by atoms with Crippen molar-refractivity contribution >= 4 is 119 Å². The van der Waals surface area contributed by atoms with E-state index in [-0.39, 0.29) is 0 Å². The van der Waals surface area contributed by atoms with Gasteiger partial charge in [-0.25, -0.2) is 0 Å². The molecule has 0 amide bonds. The van der Waals surface area contributed by atoms with Gasteiger partial charge in [0.15, 0.2) is 0 Å². The average molecular weight is 1780 g/mol. The van der Waals surface area contributed by atoms with Crippen LogP contribution >= 0.6 is 0 Å². The maximum absolute atomic E-state index is 2.36. The lowest BCUT2D eigenvalue weighted by Gasteiger charge is -2.10. The van der Waals surface area contributed by atoms with Gasteiger partial charge in [0, 0.05) is 16.5 Å². The summed E-state index contributed by atoms with van der Waals surface area (Å²) >= 11 is 0. The first kappa shape index (κ1) is 91.9. The summed E-state index contributed by atoms with van der Waals surface area (Å²) in [5.41, 5.74) is 31.2. The van der Waals surface area contributed by atoms with E-state index in [4.69, 9.17) is 0 Å². The van der Waals surface area contributed by atoms with Crippen LogP contribution in [0.4, 0.5) is 0 Å². The molecule has 1 aromatic heterocycles. The van der Waals surface area contributed by atoms with Gasteiger partial charge in [-0.1, -0.05) is 494 Å². The minimum Gasteiger partial charge on any atom is -0.309 e. The summed E-state index contributed by atoms with van der Waals surface area (Å²) in [6.07, 6.45) is 0. The van der Waals surface area contributed by atoms with E-state index in [1.54, 1.807) is 0 Å². The van der Waals surface area contributed by atoms with Crippen LogP contribution in [-0.2, 0) is 0 Å². The van der Waals surface area contributed by atoms with Gasteiger partial charge in [-0.15, -0.1) is 0 Å². The highest BCUT2D eigenvalue weighted by atomic mass is 15.0. The highest BCUT2D eigenvalue weighted by Crippen LogP contribution is 2.39.